The Balaban J connectivity index is 1.62. The van der Waals surface area contributed by atoms with E-state index in [0.29, 0.717) is 16.9 Å². The largest absolute Gasteiger partial charge is 0.321 e. The van der Waals surface area contributed by atoms with E-state index in [2.05, 4.69) is 54.3 Å². The molecule has 5 aromatic rings. The van der Waals surface area contributed by atoms with Crippen LogP contribution in [0, 0.1) is 20.8 Å². The molecule has 5 rings (SSSR count). The summed E-state index contributed by atoms with van der Waals surface area (Å²) in [5.74, 6) is -0.223. The van der Waals surface area contributed by atoms with Crippen LogP contribution in [-0.4, -0.2) is 35.4 Å². The van der Waals surface area contributed by atoms with Crippen molar-refractivity contribution in [2.45, 2.75) is 40.7 Å². The Labute approximate surface area is 195 Å². The summed E-state index contributed by atoms with van der Waals surface area (Å²) >= 11 is 1.72. The number of aromatic nitrogens is 6. The number of hydrogen-bond donors (Lipinski definition) is 1. The van der Waals surface area contributed by atoms with Crippen LogP contribution in [0.4, 0.5) is 5.69 Å². The lowest BCUT2D eigenvalue weighted by molar-refractivity contribution is 0.102. The third-order valence-electron chi connectivity index (χ3n) is 5.74. The molecule has 0 fully saturated rings. The molecule has 1 N–H and O–H groups in total. The Morgan fingerprint density at radius 1 is 1.06 bits per heavy atom. The van der Waals surface area contributed by atoms with Gasteiger partial charge in [0.1, 0.15) is 0 Å². The number of fused-ring (bicyclic) bond motifs is 2. The van der Waals surface area contributed by atoms with Gasteiger partial charge in [0.15, 0.2) is 11.3 Å². The number of nitrogens with one attached hydrogen (secondary N) is 1. The number of anilines is 1. The highest BCUT2D eigenvalue weighted by Crippen LogP contribution is 2.33. The third-order valence-corrected chi connectivity index (χ3v) is 6.70. The lowest BCUT2D eigenvalue weighted by Gasteiger charge is -2.11. The first kappa shape index (κ1) is 21.3. The molecule has 0 radical (unpaired) electrons. The summed E-state index contributed by atoms with van der Waals surface area (Å²) in [6.07, 6.45) is 3.38. The lowest BCUT2D eigenvalue weighted by atomic mass is 10.1. The Morgan fingerprint density at radius 2 is 1.85 bits per heavy atom. The molecule has 5 heterocycles. The van der Waals surface area contributed by atoms with Crippen molar-refractivity contribution in [3.63, 3.8) is 0 Å². The fraction of sp³-hybridized carbons (Fsp3) is 0.292. The smallest absolute Gasteiger partial charge is 0.256 e. The molecule has 0 aliphatic carbocycles. The number of amides is 1. The van der Waals surface area contributed by atoms with Gasteiger partial charge in [-0.2, -0.15) is 10.2 Å². The maximum atomic E-state index is 13.5. The molecule has 0 aliphatic rings. The van der Waals surface area contributed by atoms with Crippen molar-refractivity contribution < 1.29 is 4.79 Å². The molecule has 8 nitrogen and oxygen atoms in total. The third kappa shape index (κ3) is 3.58. The number of carbonyl (C=O) groups is 1. The quantitative estimate of drug-likeness (QED) is 0.399. The number of hydrogen-bond acceptors (Lipinski definition) is 6. The summed E-state index contributed by atoms with van der Waals surface area (Å²) in [5.41, 5.74) is 5.31. The summed E-state index contributed by atoms with van der Waals surface area (Å²) in [7, 11) is 1.86. The van der Waals surface area contributed by atoms with Crippen LogP contribution in [0.15, 0.2) is 30.6 Å². The second-order valence-corrected chi connectivity index (χ2v) is 10.0. The number of aryl methyl sites for hydroxylation is 4. The van der Waals surface area contributed by atoms with Crippen LogP contribution < -0.4 is 5.32 Å². The predicted molar refractivity (Wildman–Crippen MR) is 132 cm³/mol. The van der Waals surface area contributed by atoms with Crippen LogP contribution >= 0.6 is 11.3 Å². The molecule has 0 aliphatic heterocycles. The molecule has 5 aromatic heterocycles. The molecule has 0 spiro atoms. The summed E-state index contributed by atoms with van der Waals surface area (Å²) in [6.45, 7) is 10.2. The first-order valence-electron chi connectivity index (χ1n) is 10.8. The molecule has 0 saturated heterocycles. The number of carbonyl (C=O) groups excluding carboxylic acids is 1. The molecule has 1 amide bonds. The Bertz CT molecular complexity index is 1540. The minimum absolute atomic E-state index is 0.117. The van der Waals surface area contributed by atoms with E-state index in [1.165, 1.54) is 9.75 Å². The van der Waals surface area contributed by atoms with Crippen LogP contribution in [-0.2, 0) is 7.05 Å². The van der Waals surface area contributed by atoms with E-state index < -0.39 is 0 Å². The van der Waals surface area contributed by atoms with Crippen LogP contribution in [0.25, 0.3) is 33.3 Å². The molecule has 9 heteroatoms. The predicted octanol–water partition coefficient (Wildman–Crippen LogP) is 5.20. The van der Waals surface area contributed by atoms with Crippen LogP contribution in [0.3, 0.4) is 0 Å². The van der Waals surface area contributed by atoms with Gasteiger partial charge in [-0.05, 0) is 52.8 Å². The van der Waals surface area contributed by atoms with E-state index in [4.69, 9.17) is 4.98 Å². The van der Waals surface area contributed by atoms with Crippen molar-refractivity contribution in [2.24, 2.45) is 7.05 Å². The van der Waals surface area contributed by atoms with Gasteiger partial charge in [-0.1, -0.05) is 0 Å². The van der Waals surface area contributed by atoms with Gasteiger partial charge in [0.25, 0.3) is 5.91 Å². The highest BCUT2D eigenvalue weighted by molar-refractivity contribution is 7.12. The van der Waals surface area contributed by atoms with Gasteiger partial charge in [0, 0.05) is 33.8 Å². The zero-order valence-electron chi connectivity index (χ0n) is 19.5. The van der Waals surface area contributed by atoms with Crippen LogP contribution in [0.5, 0.6) is 0 Å². The number of thiophene rings is 1. The molecular formula is C24H25N7OS. The lowest BCUT2D eigenvalue weighted by Crippen LogP contribution is -2.13. The fourth-order valence-electron chi connectivity index (χ4n) is 4.18. The normalized spacial score (nSPS) is 11.7. The molecule has 0 bridgehead atoms. The second kappa shape index (κ2) is 7.77. The van der Waals surface area contributed by atoms with E-state index in [9.17, 15) is 4.79 Å². The molecule has 168 valence electrons. The van der Waals surface area contributed by atoms with E-state index >= 15 is 0 Å². The van der Waals surface area contributed by atoms with Gasteiger partial charge in [0.2, 0.25) is 0 Å². The SMILES string of the molecule is Cc1cc(-c2cc(C(=O)Nc3cnc4c(c3)c(C)nn4C)c3cnn(C(C)C)c3n2)c(C)s1. The van der Waals surface area contributed by atoms with Gasteiger partial charge >= 0.3 is 0 Å². The van der Waals surface area contributed by atoms with Crippen molar-refractivity contribution >= 4 is 45.0 Å². The van der Waals surface area contributed by atoms with Crippen LogP contribution in [0.2, 0.25) is 0 Å². The average Bonchev–Trinajstić information content (AvgIpc) is 3.42. The molecule has 33 heavy (non-hydrogen) atoms. The van der Waals surface area contributed by atoms with Gasteiger partial charge < -0.3 is 5.32 Å². The van der Waals surface area contributed by atoms with Gasteiger partial charge in [-0.3, -0.25) is 9.48 Å². The van der Waals surface area contributed by atoms with E-state index in [1.807, 2.05) is 30.8 Å². The molecule has 0 saturated carbocycles. The minimum atomic E-state index is -0.223. The van der Waals surface area contributed by atoms with Crippen molar-refractivity contribution in [3.05, 3.63) is 51.6 Å². The number of rotatable bonds is 4. The fourth-order valence-corrected chi connectivity index (χ4v) is 5.11. The Kier molecular flexibility index (Phi) is 5.01. The topological polar surface area (TPSA) is 90.5 Å². The monoisotopic (exact) mass is 459 g/mol. The summed E-state index contributed by atoms with van der Waals surface area (Å²) in [6, 6.07) is 6.01. The zero-order chi connectivity index (χ0) is 23.4. The molecule has 0 unspecified atom stereocenters. The van der Waals surface area contributed by atoms with Gasteiger partial charge in [-0.25, -0.2) is 14.6 Å². The summed E-state index contributed by atoms with van der Waals surface area (Å²) in [4.78, 5) is 25.2. The highest BCUT2D eigenvalue weighted by Gasteiger charge is 2.20. The van der Waals surface area contributed by atoms with Gasteiger partial charge in [-0.15, -0.1) is 11.3 Å². The maximum absolute atomic E-state index is 13.5. The number of pyridine rings is 2. The van der Waals surface area contributed by atoms with E-state index in [1.54, 1.807) is 28.4 Å². The number of nitrogens with zero attached hydrogens (tertiary/aromatic N) is 6. The molecule has 0 aromatic carbocycles. The average molecular weight is 460 g/mol. The van der Waals surface area contributed by atoms with Crippen molar-refractivity contribution in [1.29, 1.82) is 0 Å². The minimum Gasteiger partial charge on any atom is -0.321 e. The molecular weight excluding hydrogens is 434 g/mol. The Hall–Kier alpha value is -3.59. The van der Waals surface area contributed by atoms with Crippen molar-refractivity contribution in [3.8, 4) is 11.3 Å². The standard InChI is InChI=1S/C24H25N7OS/c1-12(2)31-23-20(11-26-31)19(9-21(28-23)18-7-13(3)33-15(18)5)24(32)27-16-8-17-14(4)29-30(6)22(17)25-10-16/h7-12H,1-6H3,(H,27,32). The first-order valence-corrected chi connectivity index (χ1v) is 11.6. The highest BCUT2D eigenvalue weighted by atomic mass is 32.1. The summed E-state index contributed by atoms with van der Waals surface area (Å²) < 4.78 is 3.59. The van der Waals surface area contributed by atoms with Crippen molar-refractivity contribution in [1.82, 2.24) is 29.5 Å². The Morgan fingerprint density at radius 3 is 2.55 bits per heavy atom. The first-order chi connectivity index (χ1) is 15.7. The zero-order valence-corrected chi connectivity index (χ0v) is 20.3. The van der Waals surface area contributed by atoms with Crippen LogP contribution in [0.1, 0.15) is 45.7 Å². The molecule has 0 atom stereocenters. The van der Waals surface area contributed by atoms with E-state index in [-0.39, 0.29) is 11.9 Å². The van der Waals surface area contributed by atoms with E-state index in [0.717, 1.165) is 33.4 Å². The van der Waals surface area contributed by atoms with Gasteiger partial charge in [0.05, 0.1) is 40.4 Å². The summed E-state index contributed by atoms with van der Waals surface area (Å²) in [5, 5.41) is 13.6. The van der Waals surface area contributed by atoms with Crippen molar-refractivity contribution in [2.75, 3.05) is 5.32 Å². The second-order valence-electron chi connectivity index (χ2n) is 8.56. The maximum Gasteiger partial charge on any atom is 0.256 e.